The normalized spacial score (nSPS) is 12.9. The maximum absolute atomic E-state index is 4.08. The van der Waals surface area contributed by atoms with Gasteiger partial charge < -0.3 is 0 Å². The molecule has 80 valence electrons. The van der Waals surface area contributed by atoms with E-state index in [1.54, 1.807) is 6.20 Å². The van der Waals surface area contributed by atoms with Gasteiger partial charge in [0.15, 0.2) is 0 Å². The van der Waals surface area contributed by atoms with Gasteiger partial charge in [-0.1, -0.05) is 6.92 Å². The van der Waals surface area contributed by atoms with Crippen molar-refractivity contribution in [3.8, 4) is 0 Å². The van der Waals surface area contributed by atoms with Gasteiger partial charge in [0.2, 0.25) is 0 Å². The highest BCUT2D eigenvalue weighted by molar-refractivity contribution is 4.92. The summed E-state index contributed by atoms with van der Waals surface area (Å²) in [6.45, 7) is 2.20. The maximum Gasteiger partial charge on any atom is 0.137 e. The summed E-state index contributed by atoms with van der Waals surface area (Å²) in [5.41, 5.74) is 1.01. The summed E-state index contributed by atoms with van der Waals surface area (Å²) in [5, 5.41) is 17.1. The first-order valence-electron chi connectivity index (χ1n) is 5.03. The summed E-state index contributed by atoms with van der Waals surface area (Å²) in [7, 11) is 0. The van der Waals surface area contributed by atoms with E-state index in [4.69, 9.17) is 0 Å². The predicted octanol–water partition coefficient (Wildman–Crippen LogP) is 0.734. The topological polar surface area (TPSA) is 83.1 Å². The van der Waals surface area contributed by atoms with Crippen LogP contribution in [0.1, 0.15) is 24.9 Å². The number of nitrogens with zero attached hydrogens (tertiary/aromatic N) is 4. The van der Waals surface area contributed by atoms with Crippen LogP contribution in [0.25, 0.3) is 0 Å². The van der Waals surface area contributed by atoms with Crippen molar-refractivity contribution < 1.29 is 0 Å². The molecular formula is C9H14N6. The fourth-order valence-electron chi connectivity index (χ4n) is 1.52. The predicted molar refractivity (Wildman–Crippen MR) is 54.0 cm³/mol. The molecule has 1 atom stereocenters. The van der Waals surface area contributed by atoms with E-state index in [0.29, 0.717) is 5.92 Å². The highest BCUT2D eigenvalue weighted by Crippen LogP contribution is 2.10. The molecule has 2 rings (SSSR count). The van der Waals surface area contributed by atoms with Crippen LogP contribution in [0.5, 0.6) is 0 Å². The van der Waals surface area contributed by atoms with Gasteiger partial charge >= 0.3 is 0 Å². The van der Waals surface area contributed by atoms with Crippen LogP contribution in [0.4, 0.5) is 0 Å². The van der Waals surface area contributed by atoms with E-state index >= 15 is 0 Å². The molecule has 0 saturated heterocycles. The van der Waals surface area contributed by atoms with Crippen LogP contribution in [0.2, 0.25) is 0 Å². The number of hydrogen-bond donors (Lipinski definition) is 2. The first-order chi connectivity index (χ1) is 7.34. The van der Waals surface area contributed by atoms with Crippen molar-refractivity contribution in [3.63, 3.8) is 0 Å². The third-order valence-electron chi connectivity index (χ3n) is 2.36. The minimum Gasteiger partial charge on any atom is -0.263 e. The molecule has 2 aromatic heterocycles. The van der Waals surface area contributed by atoms with Crippen LogP contribution >= 0.6 is 0 Å². The number of aryl methyl sites for hydroxylation is 1. The molecule has 0 aliphatic carbocycles. The van der Waals surface area contributed by atoms with Gasteiger partial charge in [-0.15, -0.1) is 0 Å². The van der Waals surface area contributed by atoms with Gasteiger partial charge in [0.25, 0.3) is 0 Å². The molecule has 1 unspecified atom stereocenters. The van der Waals surface area contributed by atoms with Gasteiger partial charge in [0, 0.05) is 6.42 Å². The average Bonchev–Trinajstić information content (AvgIpc) is 2.86. The lowest BCUT2D eigenvalue weighted by atomic mass is 10.0. The summed E-state index contributed by atoms with van der Waals surface area (Å²) >= 11 is 0. The Bertz CT molecular complexity index is 365. The van der Waals surface area contributed by atoms with Crippen LogP contribution in [-0.2, 0) is 12.8 Å². The molecule has 2 heterocycles. The van der Waals surface area contributed by atoms with Gasteiger partial charge in [0.1, 0.15) is 12.2 Å². The number of hydrogen-bond acceptors (Lipinski definition) is 4. The number of aromatic nitrogens is 6. The summed E-state index contributed by atoms with van der Waals surface area (Å²) < 4.78 is 0. The zero-order valence-corrected chi connectivity index (χ0v) is 8.64. The van der Waals surface area contributed by atoms with Crippen LogP contribution in [0.3, 0.4) is 0 Å². The Morgan fingerprint density at radius 2 is 2.33 bits per heavy atom. The minimum atomic E-state index is 0.570. The summed E-state index contributed by atoms with van der Waals surface area (Å²) in [6.07, 6.45) is 6.26. The zero-order valence-electron chi connectivity index (χ0n) is 8.64. The Labute approximate surface area is 87.5 Å². The average molecular weight is 206 g/mol. The molecule has 0 amide bonds. The first-order valence-corrected chi connectivity index (χ1v) is 5.03. The molecular weight excluding hydrogens is 192 g/mol. The van der Waals surface area contributed by atoms with Gasteiger partial charge in [0.05, 0.1) is 11.9 Å². The van der Waals surface area contributed by atoms with E-state index in [2.05, 4.69) is 37.5 Å². The third kappa shape index (κ3) is 2.87. The molecule has 0 fully saturated rings. The van der Waals surface area contributed by atoms with E-state index in [9.17, 15) is 0 Å². The molecule has 6 heteroatoms. The van der Waals surface area contributed by atoms with E-state index < -0.39 is 0 Å². The monoisotopic (exact) mass is 206 g/mol. The van der Waals surface area contributed by atoms with Gasteiger partial charge in [-0.3, -0.25) is 5.10 Å². The SMILES string of the molecule is CC(CCc1ncn[nH]1)Cc1cn[nH]n1. The second kappa shape index (κ2) is 4.68. The molecule has 0 radical (unpaired) electrons. The molecule has 0 saturated carbocycles. The standard InChI is InChI=1S/C9H14N6/c1-7(4-8-5-11-15-13-8)2-3-9-10-6-12-14-9/h5-7H,2-4H2,1H3,(H,10,12,14)(H,11,13,15). The molecule has 0 aliphatic heterocycles. The van der Waals surface area contributed by atoms with E-state index in [1.165, 1.54) is 6.33 Å². The van der Waals surface area contributed by atoms with Crippen molar-refractivity contribution >= 4 is 0 Å². The maximum atomic E-state index is 4.08. The van der Waals surface area contributed by atoms with Crippen molar-refractivity contribution in [2.75, 3.05) is 0 Å². The van der Waals surface area contributed by atoms with Crippen LogP contribution < -0.4 is 0 Å². The quantitative estimate of drug-likeness (QED) is 0.755. The lowest BCUT2D eigenvalue weighted by molar-refractivity contribution is 0.516. The fraction of sp³-hybridized carbons (Fsp3) is 0.556. The van der Waals surface area contributed by atoms with Crippen LogP contribution in [-0.4, -0.2) is 30.6 Å². The molecule has 6 nitrogen and oxygen atoms in total. The Morgan fingerprint density at radius 1 is 1.40 bits per heavy atom. The molecule has 0 aliphatic rings. The largest absolute Gasteiger partial charge is 0.263 e. The van der Waals surface area contributed by atoms with Gasteiger partial charge in [-0.2, -0.15) is 20.5 Å². The Morgan fingerprint density at radius 3 is 3.00 bits per heavy atom. The molecule has 15 heavy (non-hydrogen) atoms. The van der Waals surface area contributed by atoms with E-state index in [1.807, 2.05) is 0 Å². The second-order valence-electron chi connectivity index (χ2n) is 3.74. The molecule has 2 aromatic rings. The number of aromatic amines is 2. The summed E-state index contributed by atoms with van der Waals surface area (Å²) in [4.78, 5) is 4.08. The van der Waals surface area contributed by atoms with Crippen molar-refractivity contribution in [1.29, 1.82) is 0 Å². The van der Waals surface area contributed by atoms with Crippen LogP contribution in [0.15, 0.2) is 12.5 Å². The molecule has 2 N–H and O–H groups in total. The smallest absolute Gasteiger partial charge is 0.137 e. The lowest BCUT2D eigenvalue weighted by Gasteiger charge is -2.07. The Kier molecular flexibility index (Phi) is 3.06. The molecule has 0 spiro atoms. The Hall–Kier alpha value is -1.72. The second-order valence-corrected chi connectivity index (χ2v) is 3.74. The third-order valence-corrected chi connectivity index (χ3v) is 2.36. The fourth-order valence-corrected chi connectivity index (χ4v) is 1.52. The zero-order chi connectivity index (χ0) is 10.5. The highest BCUT2D eigenvalue weighted by Gasteiger charge is 2.07. The number of H-pyrrole nitrogens is 2. The highest BCUT2D eigenvalue weighted by atomic mass is 15.3. The first kappa shape index (κ1) is 9.82. The number of nitrogens with one attached hydrogen (secondary N) is 2. The van der Waals surface area contributed by atoms with Crippen molar-refractivity contribution in [2.24, 2.45) is 5.92 Å². The van der Waals surface area contributed by atoms with Gasteiger partial charge in [-0.05, 0) is 18.8 Å². The van der Waals surface area contributed by atoms with Crippen LogP contribution in [0, 0.1) is 5.92 Å². The van der Waals surface area contributed by atoms with E-state index in [-0.39, 0.29) is 0 Å². The lowest BCUT2D eigenvalue weighted by Crippen LogP contribution is -2.03. The van der Waals surface area contributed by atoms with Crippen molar-refractivity contribution in [2.45, 2.75) is 26.2 Å². The van der Waals surface area contributed by atoms with Crippen molar-refractivity contribution in [3.05, 3.63) is 24.0 Å². The Balaban J connectivity index is 1.76. The van der Waals surface area contributed by atoms with E-state index in [0.717, 1.165) is 30.8 Å². The minimum absolute atomic E-state index is 0.570. The molecule has 0 aromatic carbocycles. The number of rotatable bonds is 5. The van der Waals surface area contributed by atoms with Gasteiger partial charge in [-0.25, -0.2) is 4.98 Å². The summed E-state index contributed by atoms with van der Waals surface area (Å²) in [6, 6.07) is 0. The van der Waals surface area contributed by atoms with Crippen molar-refractivity contribution in [1.82, 2.24) is 30.6 Å². The molecule has 0 bridgehead atoms. The summed E-state index contributed by atoms with van der Waals surface area (Å²) in [5.74, 6) is 1.52.